The number of ether oxygens (including phenoxy) is 1. The summed E-state index contributed by atoms with van der Waals surface area (Å²) in [5, 5.41) is 0.695. The van der Waals surface area contributed by atoms with Gasteiger partial charge in [-0.3, -0.25) is 4.79 Å². The normalized spacial score (nSPS) is 10.9. The van der Waals surface area contributed by atoms with Crippen LogP contribution in [0.1, 0.15) is 21.5 Å². The Balaban J connectivity index is 1.94. The number of esters is 1. The van der Waals surface area contributed by atoms with Crippen LogP contribution in [-0.2, 0) is 0 Å². The number of benzene rings is 3. The first-order chi connectivity index (χ1) is 13.9. The lowest BCUT2D eigenvalue weighted by Crippen LogP contribution is -2.16. The molecule has 4 nitrogen and oxygen atoms in total. The predicted molar refractivity (Wildman–Crippen MR) is 114 cm³/mol. The van der Waals surface area contributed by atoms with Gasteiger partial charge in [-0.05, 0) is 43.7 Å². The maximum absolute atomic E-state index is 13.2. The van der Waals surface area contributed by atoms with Crippen LogP contribution >= 0.6 is 11.6 Å². The van der Waals surface area contributed by atoms with Crippen LogP contribution in [0.15, 0.2) is 75.9 Å². The van der Waals surface area contributed by atoms with E-state index in [1.165, 1.54) is 6.07 Å². The Morgan fingerprint density at radius 2 is 1.66 bits per heavy atom. The first kappa shape index (κ1) is 19.0. The number of carbonyl (C=O) groups excluding carboxylic acids is 1. The van der Waals surface area contributed by atoms with E-state index in [0.29, 0.717) is 21.7 Å². The van der Waals surface area contributed by atoms with Crippen LogP contribution in [0.5, 0.6) is 5.75 Å². The third kappa shape index (κ3) is 3.67. The Labute approximate surface area is 172 Å². The molecular formula is C24H17ClO4. The highest BCUT2D eigenvalue weighted by atomic mass is 35.5. The molecule has 144 valence electrons. The van der Waals surface area contributed by atoms with Crippen LogP contribution in [0.3, 0.4) is 0 Å². The quantitative estimate of drug-likeness (QED) is 0.396. The summed E-state index contributed by atoms with van der Waals surface area (Å²) in [7, 11) is 0. The topological polar surface area (TPSA) is 56.5 Å². The van der Waals surface area contributed by atoms with Gasteiger partial charge in [0.1, 0.15) is 5.58 Å². The predicted octanol–water partition coefficient (Wildman–Crippen LogP) is 5.95. The first-order valence-electron chi connectivity index (χ1n) is 9.05. The van der Waals surface area contributed by atoms with Gasteiger partial charge in [0.15, 0.2) is 5.76 Å². The van der Waals surface area contributed by atoms with E-state index < -0.39 is 11.4 Å². The fraction of sp³-hybridized carbons (Fsp3) is 0.0833. The molecule has 0 N–H and O–H groups in total. The van der Waals surface area contributed by atoms with Crippen molar-refractivity contribution in [3.63, 3.8) is 0 Å². The van der Waals surface area contributed by atoms with Gasteiger partial charge in [-0.25, -0.2) is 4.79 Å². The Bertz CT molecular complexity index is 1270. The first-order valence-corrected chi connectivity index (χ1v) is 9.43. The Morgan fingerprint density at radius 3 is 2.34 bits per heavy atom. The van der Waals surface area contributed by atoms with Gasteiger partial charge in [0.25, 0.3) is 0 Å². The van der Waals surface area contributed by atoms with E-state index in [1.54, 1.807) is 36.4 Å². The molecule has 1 aromatic heterocycles. The van der Waals surface area contributed by atoms with Gasteiger partial charge in [-0.15, -0.1) is 0 Å². The van der Waals surface area contributed by atoms with Crippen LogP contribution < -0.4 is 10.2 Å². The number of hydrogen-bond acceptors (Lipinski definition) is 4. The fourth-order valence-corrected chi connectivity index (χ4v) is 3.18. The minimum atomic E-state index is -0.635. The van der Waals surface area contributed by atoms with Crippen molar-refractivity contribution < 1.29 is 13.9 Å². The minimum Gasteiger partial charge on any atom is -0.452 e. The zero-order chi connectivity index (χ0) is 20.5. The van der Waals surface area contributed by atoms with Gasteiger partial charge >= 0.3 is 5.97 Å². The minimum absolute atomic E-state index is 0.157. The van der Waals surface area contributed by atoms with E-state index in [4.69, 9.17) is 20.8 Å². The molecule has 0 atom stereocenters. The molecule has 0 aliphatic carbocycles. The average Bonchev–Trinajstić information content (AvgIpc) is 2.73. The van der Waals surface area contributed by atoms with E-state index in [-0.39, 0.29) is 16.9 Å². The molecule has 0 saturated heterocycles. The number of aryl methyl sites for hydroxylation is 2. The third-order valence-corrected chi connectivity index (χ3v) is 5.06. The van der Waals surface area contributed by atoms with Crippen molar-refractivity contribution in [3.05, 3.63) is 98.7 Å². The van der Waals surface area contributed by atoms with E-state index >= 15 is 0 Å². The highest BCUT2D eigenvalue weighted by Gasteiger charge is 2.22. The van der Waals surface area contributed by atoms with Crippen LogP contribution in [0.4, 0.5) is 0 Å². The van der Waals surface area contributed by atoms with Crippen LogP contribution in [0.2, 0.25) is 5.02 Å². The second-order valence-corrected chi connectivity index (χ2v) is 7.22. The van der Waals surface area contributed by atoms with Crippen LogP contribution in [-0.4, -0.2) is 5.97 Å². The zero-order valence-corrected chi connectivity index (χ0v) is 16.6. The summed E-state index contributed by atoms with van der Waals surface area (Å²) in [5.74, 6) is -0.590. The number of hydrogen-bond donors (Lipinski definition) is 0. The second-order valence-electron chi connectivity index (χ2n) is 6.81. The Morgan fingerprint density at radius 1 is 0.966 bits per heavy atom. The van der Waals surface area contributed by atoms with Gasteiger partial charge in [-0.2, -0.15) is 0 Å². The lowest BCUT2D eigenvalue weighted by Gasteiger charge is -2.12. The summed E-state index contributed by atoms with van der Waals surface area (Å²) >= 11 is 6.20. The van der Waals surface area contributed by atoms with Gasteiger partial charge in [0, 0.05) is 10.6 Å². The molecule has 5 heteroatoms. The number of halogens is 1. The summed E-state index contributed by atoms with van der Waals surface area (Å²) in [4.78, 5) is 25.9. The zero-order valence-electron chi connectivity index (χ0n) is 15.9. The second kappa shape index (κ2) is 7.57. The smallest absolute Gasteiger partial charge is 0.343 e. The summed E-state index contributed by atoms with van der Waals surface area (Å²) in [6.07, 6.45) is 0. The largest absolute Gasteiger partial charge is 0.452 e. The Hall–Kier alpha value is -3.37. The lowest BCUT2D eigenvalue weighted by molar-refractivity contribution is 0.0731. The molecular weight excluding hydrogens is 388 g/mol. The monoisotopic (exact) mass is 404 g/mol. The number of fused-ring (bicyclic) bond motifs is 1. The molecule has 0 spiro atoms. The van der Waals surface area contributed by atoms with Crippen molar-refractivity contribution in [1.82, 2.24) is 0 Å². The SMILES string of the molecule is Cc1ccc(-c2oc3cc(C)c(Cl)cc3c(=O)c2OC(=O)c2ccccc2)cc1. The van der Waals surface area contributed by atoms with Crippen molar-refractivity contribution in [2.75, 3.05) is 0 Å². The van der Waals surface area contributed by atoms with Crippen molar-refractivity contribution in [1.29, 1.82) is 0 Å². The highest BCUT2D eigenvalue weighted by molar-refractivity contribution is 6.32. The third-order valence-electron chi connectivity index (χ3n) is 4.65. The van der Waals surface area contributed by atoms with Crippen molar-refractivity contribution in [2.24, 2.45) is 0 Å². The van der Waals surface area contributed by atoms with E-state index in [2.05, 4.69) is 0 Å². The molecule has 4 rings (SSSR count). The van der Waals surface area contributed by atoms with Crippen molar-refractivity contribution in [3.8, 4) is 17.1 Å². The molecule has 0 aliphatic heterocycles. The van der Waals surface area contributed by atoms with Gasteiger partial charge in [0.05, 0.1) is 10.9 Å². The number of carbonyl (C=O) groups is 1. The molecule has 0 fully saturated rings. The molecule has 0 unspecified atom stereocenters. The van der Waals surface area contributed by atoms with Crippen molar-refractivity contribution in [2.45, 2.75) is 13.8 Å². The molecule has 0 bridgehead atoms. The number of rotatable bonds is 3. The standard InChI is InChI=1S/C24H17ClO4/c1-14-8-10-16(11-9-14)22-23(29-24(27)17-6-4-3-5-7-17)21(26)18-13-19(25)15(2)12-20(18)28-22/h3-13H,1-2H3. The van der Waals surface area contributed by atoms with Crippen molar-refractivity contribution >= 4 is 28.5 Å². The van der Waals surface area contributed by atoms with E-state index in [0.717, 1.165) is 11.1 Å². The lowest BCUT2D eigenvalue weighted by atomic mass is 10.1. The molecule has 0 amide bonds. The van der Waals surface area contributed by atoms with E-state index in [1.807, 2.05) is 38.1 Å². The molecule has 0 aliphatic rings. The molecule has 3 aromatic carbocycles. The highest BCUT2D eigenvalue weighted by Crippen LogP contribution is 2.33. The molecule has 29 heavy (non-hydrogen) atoms. The summed E-state index contributed by atoms with van der Waals surface area (Å²) < 4.78 is 11.6. The maximum Gasteiger partial charge on any atom is 0.343 e. The summed E-state index contributed by atoms with van der Waals surface area (Å²) in [5.41, 5.74) is 2.75. The van der Waals surface area contributed by atoms with Gasteiger partial charge in [0.2, 0.25) is 11.2 Å². The summed E-state index contributed by atoms with van der Waals surface area (Å²) in [6, 6.07) is 19.2. The molecule has 4 aromatic rings. The van der Waals surface area contributed by atoms with Gasteiger partial charge in [-0.1, -0.05) is 59.6 Å². The molecule has 1 heterocycles. The maximum atomic E-state index is 13.2. The van der Waals surface area contributed by atoms with Crippen LogP contribution in [0.25, 0.3) is 22.3 Å². The fourth-order valence-electron chi connectivity index (χ4n) is 3.01. The molecule has 0 radical (unpaired) electrons. The van der Waals surface area contributed by atoms with Gasteiger partial charge < -0.3 is 9.15 Å². The molecule has 0 saturated carbocycles. The van der Waals surface area contributed by atoms with Crippen LogP contribution in [0, 0.1) is 13.8 Å². The average molecular weight is 405 g/mol. The van der Waals surface area contributed by atoms with E-state index in [9.17, 15) is 9.59 Å². The summed E-state index contributed by atoms with van der Waals surface area (Å²) in [6.45, 7) is 3.79. The Kier molecular flexibility index (Phi) is 4.95.